The molecule has 0 fully saturated rings. The molecule has 0 spiro atoms. The lowest BCUT2D eigenvalue weighted by Gasteiger charge is -2.40. The lowest BCUT2D eigenvalue weighted by Crippen LogP contribution is -2.36. The summed E-state index contributed by atoms with van der Waals surface area (Å²) in [4.78, 5) is 24.2. The Morgan fingerprint density at radius 2 is 1.88 bits per heavy atom. The van der Waals surface area contributed by atoms with Crippen molar-refractivity contribution in [3.05, 3.63) is 41.2 Å². The number of carbonyl (C=O) groups is 2. The highest BCUT2D eigenvalue weighted by molar-refractivity contribution is 5.98. The summed E-state index contributed by atoms with van der Waals surface area (Å²) in [6.45, 7) is 5.47. The van der Waals surface area contributed by atoms with Crippen LogP contribution in [0, 0.1) is 5.41 Å². The maximum atomic E-state index is 12.8. The van der Waals surface area contributed by atoms with E-state index in [0.717, 1.165) is 16.9 Å². The number of carbonyl (C=O) groups excluding carboxylic acids is 2. The van der Waals surface area contributed by atoms with Gasteiger partial charge in [-0.3, -0.25) is 9.59 Å². The Hall–Kier alpha value is -2.30. The Morgan fingerprint density at radius 1 is 1.20 bits per heavy atom. The molecule has 0 saturated heterocycles. The molecule has 0 amide bonds. The van der Waals surface area contributed by atoms with Crippen LogP contribution in [0.15, 0.2) is 35.6 Å². The molecule has 0 aromatic heterocycles. The van der Waals surface area contributed by atoms with Crippen molar-refractivity contribution in [3.8, 4) is 5.75 Å². The third-order valence-corrected chi connectivity index (χ3v) is 4.74. The number of ether oxygens (including phenoxy) is 3. The minimum atomic E-state index is -0.662. The second-order valence-corrected chi connectivity index (χ2v) is 7.50. The zero-order valence-corrected chi connectivity index (χ0v) is 15.1. The van der Waals surface area contributed by atoms with Crippen molar-refractivity contribution in [2.75, 3.05) is 7.11 Å². The number of rotatable bonds is 3. The molecule has 5 heteroatoms. The SMILES string of the molecule is COc1ccc([C@@H]2C[C@@H](OC(C)=O)OC3=C2C(=O)CC(C)(C)C3)cc1. The third-order valence-electron chi connectivity index (χ3n) is 4.74. The Morgan fingerprint density at radius 3 is 2.48 bits per heavy atom. The molecule has 25 heavy (non-hydrogen) atoms. The van der Waals surface area contributed by atoms with Crippen LogP contribution in [0.5, 0.6) is 5.75 Å². The lowest BCUT2D eigenvalue weighted by molar-refractivity contribution is -0.174. The first-order valence-corrected chi connectivity index (χ1v) is 8.53. The summed E-state index contributed by atoms with van der Waals surface area (Å²) in [7, 11) is 1.62. The van der Waals surface area contributed by atoms with Gasteiger partial charge in [-0.25, -0.2) is 0 Å². The van der Waals surface area contributed by atoms with Crippen LogP contribution in [0.3, 0.4) is 0 Å². The number of benzene rings is 1. The minimum Gasteiger partial charge on any atom is -0.497 e. The maximum Gasteiger partial charge on any atom is 0.305 e. The number of ketones is 1. The normalized spacial score (nSPS) is 25.0. The highest BCUT2D eigenvalue weighted by Crippen LogP contribution is 2.47. The molecular formula is C20H24O5. The predicted octanol–water partition coefficient (Wildman–Crippen LogP) is 3.73. The van der Waals surface area contributed by atoms with Crippen molar-refractivity contribution >= 4 is 11.8 Å². The van der Waals surface area contributed by atoms with Gasteiger partial charge in [0.05, 0.1) is 7.11 Å². The Kier molecular flexibility index (Phi) is 4.58. The average molecular weight is 344 g/mol. The summed E-state index contributed by atoms with van der Waals surface area (Å²) in [6, 6.07) is 7.67. The van der Waals surface area contributed by atoms with E-state index in [9.17, 15) is 9.59 Å². The second-order valence-electron chi connectivity index (χ2n) is 7.50. The number of hydrogen-bond donors (Lipinski definition) is 0. The Balaban J connectivity index is 2.00. The summed E-state index contributed by atoms with van der Waals surface area (Å²) in [5.74, 6) is 1.03. The van der Waals surface area contributed by atoms with Crippen molar-refractivity contribution in [2.45, 2.75) is 52.2 Å². The molecule has 0 N–H and O–H groups in total. The van der Waals surface area contributed by atoms with Crippen LogP contribution in [0.25, 0.3) is 0 Å². The monoisotopic (exact) mass is 344 g/mol. The molecule has 3 rings (SSSR count). The molecule has 0 unspecified atom stereocenters. The summed E-state index contributed by atoms with van der Waals surface area (Å²) >= 11 is 0. The average Bonchev–Trinajstić information content (AvgIpc) is 2.52. The minimum absolute atomic E-state index is 0.119. The smallest absolute Gasteiger partial charge is 0.305 e. The van der Waals surface area contributed by atoms with E-state index < -0.39 is 6.29 Å². The molecule has 1 aliphatic heterocycles. The third kappa shape index (κ3) is 3.70. The number of methoxy groups -OCH3 is 1. The zero-order valence-electron chi connectivity index (χ0n) is 15.1. The van der Waals surface area contributed by atoms with Crippen molar-refractivity contribution in [1.29, 1.82) is 0 Å². The predicted molar refractivity (Wildman–Crippen MR) is 92.0 cm³/mol. The Labute approximate surface area is 148 Å². The van der Waals surface area contributed by atoms with Gasteiger partial charge < -0.3 is 14.2 Å². The number of allylic oxidation sites excluding steroid dienone is 2. The molecule has 134 valence electrons. The van der Waals surface area contributed by atoms with E-state index in [2.05, 4.69) is 13.8 Å². The van der Waals surface area contributed by atoms with Gasteiger partial charge in [0, 0.05) is 37.7 Å². The highest BCUT2D eigenvalue weighted by Gasteiger charge is 2.43. The van der Waals surface area contributed by atoms with Gasteiger partial charge >= 0.3 is 5.97 Å². The fourth-order valence-electron chi connectivity index (χ4n) is 3.68. The molecule has 1 heterocycles. The molecule has 5 nitrogen and oxygen atoms in total. The fourth-order valence-corrected chi connectivity index (χ4v) is 3.68. The molecule has 2 aliphatic rings. The van der Waals surface area contributed by atoms with Crippen LogP contribution in [0.1, 0.15) is 51.5 Å². The molecule has 1 aliphatic carbocycles. The number of esters is 1. The molecule has 2 atom stereocenters. The molecule has 1 aromatic rings. The number of Topliss-reactive ketones (excluding diaryl/α,β-unsaturated/α-hetero) is 1. The van der Waals surface area contributed by atoms with E-state index in [-0.39, 0.29) is 23.1 Å². The molecule has 1 aromatic carbocycles. The van der Waals surface area contributed by atoms with Gasteiger partial charge in [0.15, 0.2) is 5.78 Å². The van der Waals surface area contributed by atoms with Crippen LogP contribution in [0.2, 0.25) is 0 Å². The van der Waals surface area contributed by atoms with Gasteiger partial charge in [0.25, 0.3) is 0 Å². The van der Waals surface area contributed by atoms with Gasteiger partial charge in [0.2, 0.25) is 6.29 Å². The van der Waals surface area contributed by atoms with E-state index in [0.29, 0.717) is 25.0 Å². The van der Waals surface area contributed by atoms with Gasteiger partial charge in [0.1, 0.15) is 11.5 Å². The van der Waals surface area contributed by atoms with Crippen LogP contribution in [0.4, 0.5) is 0 Å². The van der Waals surface area contributed by atoms with Gasteiger partial charge in [-0.15, -0.1) is 0 Å². The molecule has 0 bridgehead atoms. The summed E-state index contributed by atoms with van der Waals surface area (Å²) < 4.78 is 16.4. The zero-order chi connectivity index (χ0) is 18.2. The van der Waals surface area contributed by atoms with Crippen molar-refractivity contribution in [2.24, 2.45) is 5.41 Å². The van der Waals surface area contributed by atoms with Crippen molar-refractivity contribution in [1.82, 2.24) is 0 Å². The first-order valence-electron chi connectivity index (χ1n) is 8.53. The largest absolute Gasteiger partial charge is 0.497 e. The van der Waals surface area contributed by atoms with Gasteiger partial charge in [-0.05, 0) is 23.1 Å². The lowest BCUT2D eigenvalue weighted by atomic mass is 9.71. The molecule has 0 saturated carbocycles. The Bertz CT molecular complexity index is 714. The molecule has 0 radical (unpaired) electrons. The van der Waals surface area contributed by atoms with Crippen LogP contribution in [-0.2, 0) is 19.1 Å². The first-order chi connectivity index (χ1) is 11.8. The maximum absolute atomic E-state index is 12.8. The van der Waals surface area contributed by atoms with E-state index in [1.807, 2.05) is 24.3 Å². The van der Waals surface area contributed by atoms with Gasteiger partial charge in [-0.1, -0.05) is 26.0 Å². The van der Waals surface area contributed by atoms with Crippen LogP contribution < -0.4 is 4.74 Å². The van der Waals surface area contributed by atoms with Crippen molar-refractivity contribution in [3.63, 3.8) is 0 Å². The number of hydrogen-bond acceptors (Lipinski definition) is 5. The van der Waals surface area contributed by atoms with E-state index in [1.54, 1.807) is 7.11 Å². The first kappa shape index (κ1) is 17.5. The summed E-state index contributed by atoms with van der Waals surface area (Å²) in [5.41, 5.74) is 1.58. The van der Waals surface area contributed by atoms with E-state index in [4.69, 9.17) is 14.2 Å². The van der Waals surface area contributed by atoms with Gasteiger partial charge in [-0.2, -0.15) is 0 Å². The quantitative estimate of drug-likeness (QED) is 0.782. The molecular weight excluding hydrogens is 320 g/mol. The standard InChI is InChI=1S/C20H24O5/c1-12(21)24-18-9-15(13-5-7-14(23-4)8-6-13)19-16(22)10-20(2,3)11-17(19)25-18/h5-8,15,18H,9-11H2,1-4H3/t15-,18-/m0/s1. The van der Waals surface area contributed by atoms with E-state index in [1.165, 1.54) is 6.92 Å². The summed E-state index contributed by atoms with van der Waals surface area (Å²) in [6.07, 6.45) is 0.945. The fraction of sp³-hybridized carbons (Fsp3) is 0.500. The highest BCUT2D eigenvalue weighted by atomic mass is 16.7. The topological polar surface area (TPSA) is 61.8 Å². The summed E-state index contributed by atoms with van der Waals surface area (Å²) in [5, 5.41) is 0. The van der Waals surface area contributed by atoms with Crippen LogP contribution >= 0.6 is 0 Å². The van der Waals surface area contributed by atoms with E-state index >= 15 is 0 Å². The second kappa shape index (κ2) is 6.54. The van der Waals surface area contributed by atoms with Crippen LogP contribution in [-0.4, -0.2) is 25.2 Å². The van der Waals surface area contributed by atoms with Crippen molar-refractivity contribution < 1.29 is 23.8 Å².